The second-order valence-electron chi connectivity index (χ2n) is 8.15. The number of rotatable bonds is 8. The summed E-state index contributed by atoms with van der Waals surface area (Å²) in [5.41, 5.74) is 3.59. The summed E-state index contributed by atoms with van der Waals surface area (Å²) in [6.07, 6.45) is 3.88. The van der Waals surface area contributed by atoms with E-state index in [0.717, 1.165) is 16.8 Å². The van der Waals surface area contributed by atoms with E-state index in [4.69, 9.17) is 11.6 Å². The molecule has 0 atom stereocenters. The molecule has 0 spiro atoms. The summed E-state index contributed by atoms with van der Waals surface area (Å²) < 4.78 is 14.0. The standard InChI is InChI=1S/C26H26ClFN4O2/c1-30(17-21-10-6-13-23(28)25(21)27)32-18-20-9-3-2-8-19(20)16-24(32)31(26(33)34)15-7-12-22-11-4-5-14-29-22/h2-6,8-11,13-14,16H,7,12,15,17-18H2,1H3,(H,33,34). The molecule has 2 aromatic carbocycles. The third-order valence-corrected chi connectivity index (χ3v) is 6.24. The Morgan fingerprint density at radius 2 is 1.94 bits per heavy atom. The number of hydrogen-bond donors (Lipinski definition) is 1. The average Bonchev–Trinajstić information content (AvgIpc) is 2.84. The molecule has 6 nitrogen and oxygen atoms in total. The van der Waals surface area contributed by atoms with Crippen molar-refractivity contribution in [1.29, 1.82) is 0 Å². The van der Waals surface area contributed by atoms with Crippen LogP contribution in [-0.4, -0.2) is 44.7 Å². The van der Waals surface area contributed by atoms with Crippen LogP contribution in [0.3, 0.4) is 0 Å². The number of hydrazine groups is 1. The Bertz CT molecular complexity index is 1190. The van der Waals surface area contributed by atoms with Crippen LogP contribution in [0.25, 0.3) is 6.08 Å². The molecule has 0 unspecified atom stereocenters. The van der Waals surface area contributed by atoms with E-state index >= 15 is 0 Å². The van der Waals surface area contributed by atoms with Gasteiger partial charge in [-0.2, -0.15) is 0 Å². The van der Waals surface area contributed by atoms with E-state index in [9.17, 15) is 14.3 Å². The van der Waals surface area contributed by atoms with Gasteiger partial charge in [0.15, 0.2) is 0 Å². The zero-order valence-corrected chi connectivity index (χ0v) is 19.6. The number of carboxylic acid groups (broad SMARTS) is 1. The topological polar surface area (TPSA) is 59.9 Å². The summed E-state index contributed by atoms with van der Waals surface area (Å²) >= 11 is 6.19. The Morgan fingerprint density at radius 1 is 1.15 bits per heavy atom. The fourth-order valence-electron chi connectivity index (χ4n) is 4.06. The maximum absolute atomic E-state index is 14.0. The van der Waals surface area contributed by atoms with Crippen LogP contribution < -0.4 is 0 Å². The van der Waals surface area contributed by atoms with Crippen molar-refractivity contribution in [2.45, 2.75) is 25.9 Å². The van der Waals surface area contributed by atoms with Crippen molar-refractivity contribution in [3.63, 3.8) is 0 Å². The quantitative estimate of drug-likeness (QED) is 0.451. The van der Waals surface area contributed by atoms with Gasteiger partial charge in [-0.05, 0) is 53.8 Å². The van der Waals surface area contributed by atoms with Gasteiger partial charge in [0.1, 0.15) is 11.6 Å². The minimum absolute atomic E-state index is 0.0720. The molecule has 1 N–H and O–H groups in total. The lowest BCUT2D eigenvalue weighted by Crippen LogP contribution is -2.47. The second kappa shape index (κ2) is 10.7. The predicted octanol–water partition coefficient (Wildman–Crippen LogP) is 5.65. The Morgan fingerprint density at radius 3 is 2.71 bits per heavy atom. The molecule has 1 aromatic heterocycles. The van der Waals surface area contributed by atoms with Gasteiger partial charge in [0.2, 0.25) is 0 Å². The molecule has 34 heavy (non-hydrogen) atoms. The van der Waals surface area contributed by atoms with Gasteiger partial charge in [-0.15, -0.1) is 0 Å². The van der Waals surface area contributed by atoms with E-state index in [1.807, 2.05) is 65.6 Å². The summed E-state index contributed by atoms with van der Waals surface area (Å²) in [5.74, 6) is 0.0660. The molecule has 3 aromatic rings. The van der Waals surface area contributed by atoms with Crippen molar-refractivity contribution in [1.82, 2.24) is 19.9 Å². The van der Waals surface area contributed by atoms with Gasteiger partial charge in [-0.25, -0.2) is 14.2 Å². The number of aryl methyl sites for hydroxylation is 1. The van der Waals surface area contributed by atoms with Crippen LogP contribution in [0.15, 0.2) is 72.7 Å². The zero-order valence-electron chi connectivity index (χ0n) is 18.9. The number of amides is 1. The normalized spacial score (nSPS) is 12.9. The smallest absolute Gasteiger partial charge is 0.412 e. The predicted molar refractivity (Wildman–Crippen MR) is 130 cm³/mol. The van der Waals surface area contributed by atoms with E-state index in [1.54, 1.807) is 18.3 Å². The van der Waals surface area contributed by atoms with Crippen LogP contribution in [0.2, 0.25) is 5.02 Å². The summed E-state index contributed by atoms with van der Waals surface area (Å²) in [5, 5.41) is 13.9. The van der Waals surface area contributed by atoms with Crippen LogP contribution in [-0.2, 0) is 19.5 Å². The molecular weight excluding hydrogens is 455 g/mol. The van der Waals surface area contributed by atoms with Crippen molar-refractivity contribution in [2.24, 2.45) is 0 Å². The summed E-state index contributed by atoms with van der Waals surface area (Å²) in [6, 6.07) is 18.3. The van der Waals surface area contributed by atoms with Gasteiger partial charge >= 0.3 is 6.09 Å². The lowest BCUT2D eigenvalue weighted by molar-refractivity contribution is -0.00996. The van der Waals surface area contributed by atoms with Crippen molar-refractivity contribution in [3.8, 4) is 0 Å². The highest BCUT2D eigenvalue weighted by molar-refractivity contribution is 6.31. The lowest BCUT2D eigenvalue weighted by atomic mass is 10.0. The van der Waals surface area contributed by atoms with Crippen molar-refractivity contribution in [2.75, 3.05) is 13.6 Å². The van der Waals surface area contributed by atoms with Gasteiger partial charge in [0, 0.05) is 32.0 Å². The molecule has 1 aliphatic heterocycles. The number of nitrogens with zero attached hydrogens (tertiary/aromatic N) is 4. The molecular formula is C26H26ClFN4O2. The van der Waals surface area contributed by atoms with Crippen molar-refractivity contribution < 1.29 is 14.3 Å². The van der Waals surface area contributed by atoms with Crippen LogP contribution >= 0.6 is 11.6 Å². The first kappa shape index (κ1) is 23.7. The monoisotopic (exact) mass is 480 g/mol. The zero-order chi connectivity index (χ0) is 24.1. The SMILES string of the molecule is CN(Cc1cccc(F)c1Cl)N1Cc2ccccc2C=C1N(CCCc1ccccn1)C(=O)O. The Kier molecular flexibility index (Phi) is 7.45. The molecule has 1 aliphatic rings. The Balaban J connectivity index is 1.60. The molecule has 0 radical (unpaired) electrons. The Labute approximate surface area is 203 Å². The largest absolute Gasteiger partial charge is 0.465 e. The Hall–Kier alpha value is -3.42. The molecule has 8 heteroatoms. The molecule has 176 valence electrons. The minimum atomic E-state index is -1.03. The fraction of sp³-hybridized carbons (Fsp3) is 0.231. The molecule has 0 fully saturated rings. The third-order valence-electron chi connectivity index (χ3n) is 5.82. The first-order valence-corrected chi connectivity index (χ1v) is 11.4. The average molecular weight is 481 g/mol. The maximum atomic E-state index is 14.0. The number of pyridine rings is 1. The highest BCUT2D eigenvalue weighted by Crippen LogP contribution is 2.30. The second-order valence-corrected chi connectivity index (χ2v) is 8.52. The molecule has 0 saturated carbocycles. The highest BCUT2D eigenvalue weighted by atomic mass is 35.5. The van der Waals surface area contributed by atoms with Gasteiger partial charge in [0.05, 0.1) is 11.6 Å². The van der Waals surface area contributed by atoms with E-state index in [0.29, 0.717) is 43.9 Å². The van der Waals surface area contributed by atoms with E-state index in [-0.39, 0.29) is 5.02 Å². The number of aromatic nitrogens is 1. The van der Waals surface area contributed by atoms with Gasteiger partial charge in [-0.3, -0.25) is 14.9 Å². The number of carbonyl (C=O) groups is 1. The number of benzene rings is 2. The lowest BCUT2D eigenvalue weighted by Gasteiger charge is -2.41. The summed E-state index contributed by atoms with van der Waals surface area (Å²) in [6.45, 7) is 1.11. The van der Waals surface area contributed by atoms with Crippen LogP contribution in [0.4, 0.5) is 9.18 Å². The molecule has 1 amide bonds. The summed E-state index contributed by atoms with van der Waals surface area (Å²) in [7, 11) is 1.84. The highest BCUT2D eigenvalue weighted by Gasteiger charge is 2.29. The number of halogens is 2. The van der Waals surface area contributed by atoms with Crippen molar-refractivity contribution in [3.05, 3.63) is 106 Å². The van der Waals surface area contributed by atoms with E-state index in [1.165, 1.54) is 11.0 Å². The number of fused-ring (bicyclic) bond motifs is 1. The molecule has 4 rings (SSSR count). The van der Waals surface area contributed by atoms with E-state index < -0.39 is 11.9 Å². The number of hydrogen-bond acceptors (Lipinski definition) is 4. The molecule has 0 aliphatic carbocycles. The van der Waals surface area contributed by atoms with Gasteiger partial charge in [0.25, 0.3) is 0 Å². The first-order valence-electron chi connectivity index (χ1n) is 11.1. The summed E-state index contributed by atoms with van der Waals surface area (Å²) in [4.78, 5) is 18.0. The van der Waals surface area contributed by atoms with Crippen molar-refractivity contribution >= 4 is 23.8 Å². The van der Waals surface area contributed by atoms with E-state index in [2.05, 4.69) is 4.98 Å². The first-order chi connectivity index (χ1) is 16.4. The fourth-order valence-corrected chi connectivity index (χ4v) is 4.25. The van der Waals surface area contributed by atoms with Gasteiger partial charge in [-0.1, -0.05) is 54.1 Å². The molecule has 0 saturated heterocycles. The third kappa shape index (κ3) is 5.38. The molecule has 0 bridgehead atoms. The minimum Gasteiger partial charge on any atom is -0.465 e. The van der Waals surface area contributed by atoms with Crippen LogP contribution in [0, 0.1) is 5.82 Å². The van der Waals surface area contributed by atoms with Crippen LogP contribution in [0.1, 0.15) is 28.8 Å². The van der Waals surface area contributed by atoms with Crippen LogP contribution in [0.5, 0.6) is 0 Å². The van der Waals surface area contributed by atoms with Gasteiger partial charge < -0.3 is 5.11 Å². The maximum Gasteiger partial charge on any atom is 0.412 e. The molecule has 2 heterocycles.